The zero-order valence-corrected chi connectivity index (χ0v) is 22.1. The minimum atomic E-state index is -0.231. The van der Waals surface area contributed by atoms with Gasteiger partial charge in [0.2, 0.25) is 5.91 Å². The summed E-state index contributed by atoms with van der Waals surface area (Å²) in [7, 11) is 1.60. The Bertz CT molecular complexity index is 1350. The summed E-state index contributed by atoms with van der Waals surface area (Å²) in [4.78, 5) is 27.1. The van der Waals surface area contributed by atoms with Gasteiger partial charge in [0.1, 0.15) is 12.3 Å². The van der Waals surface area contributed by atoms with E-state index in [-0.39, 0.29) is 23.2 Å². The maximum absolute atomic E-state index is 13.2. The van der Waals surface area contributed by atoms with Gasteiger partial charge in [0, 0.05) is 21.7 Å². The number of carbonyl (C=O) groups is 1. The number of nitrogens with one attached hydrogen (secondary N) is 1. The number of halogens is 2. The molecule has 1 aliphatic heterocycles. The van der Waals surface area contributed by atoms with E-state index in [9.17, 15) is 9.59 Å². The molecular formula is C26H24Cl2N2O3S2. The lowest BCUT2D eigenvalue weighted by Gasteiger charge is -2.40. The molecule has 3 aliphatic rings. The summed E-state index contributed by atoms with van der Waals surface area (Å²) in [6.45, 7) is -0.0226. The lowest BCUT2D eigenvalue weighted by Crippen LogP contribution is -2.35. The highest BCUT2D eigenvalue weighted by Gasteiger charge is 2.55. The molecule has 0 spiro atoms. The average molecular weight is 548 g/mol. The van der Waals surface area contributed by atoms with Gasteiger partial charge in [-0.1, -0.05) is 46.7 Å². The molecule has 182 valence electrons. The Labute approximate surface area is 221 Å². The van der Waals surface area contributed by atoms with E-state index in [4.69, 9.17) is 27.9 Å². The molecule has 1 aromatic heterocycles. The fraction of sp³-hybridized carbons (Fsp3) is 0.385. The number of hydrogen-bond donors (Lipinski definition) is 1. The number of fused-ring (bicyclic) bond motifs is 6. The maximum atomic E-state index is 13.2. The van der Waals surface area contributed by atoms with Gasteiger partial charge >= 0.3 is 4.87 Å². The van der Waals surface area contributed by atoms with E-state index in [0.29, 0.717) is 44.5 Å². The number of carbonyl (C=O) groups excluding carboxylic acids is 1. The molecule has 0 saturated heterocycles. The fourth-order valence-electron chi connectivity index (χ4n) is 6.21. The number of nitrogens with zero attached hydrogens (tertiary/aromatic N) is 1. The van der Waals surface area contributed by atoms with Gasteiger partial charge in [0.15, 0.2) is 0 Å². The van der Waals surface area contributed by atoms with E-state index >= 15 is 0 Å². The fourth-order valence-corrected chi connectivity index (χ4v) is 9.78. The summed E-state index contributed by atoms with van der Waals surface area (Å²) in [6.07, 6.45) is 3.70. The van der Waals surface area contributed by atoms with Crippen molar-refractivity contribution >= 4 is 57.9 Å². The van der Waals surface area contributed by atoms with Crippen LogP contribution in [-0.2, 0) is 11.3 Å². The Morgan fingerprint density at radius 1 is 1.14 bits per heavy atom. The highest BCUT2D eigenvalue weighted by atomic mass is 35.5. The molecule has 35 heavy (non-hydrogen) atoms. The van der Waals surface area contributed by atoms with E-state index in [1.54, 1.807) is 53.8 Å². The molecule has 3 aromatic rings. The van der Waals surface area contributed by atoms with Gasteiger partial charge in [0.05, 0.1) is 22.2 Å². The first-order valence-corrected chi connectivity index (χ1v) is 14.2. The van der Waals surface area contributed by atoms with Crippen LogP contribution in [0, 0.1) is 17.8 Å². The quantitative estimate of drug-likeness (QED) is 0.395. The van der Waals surface area contributed by atoms with Crippen LogP contribution < -0.4 is 14.9 Å². The number of anilines is 1. The summed E-state index contributed by atoms with van der Waals surface area (Å²) in [6, 6.07) is 12.9. The molecule has 5 atom stereocenters. The van der Waals surface area contributed by atoms with Crippen molar-refractivity contribution in [1.29, 1.82) is 0 Å². The highest BCUT2D eigenvalue weighted by molar-refractivity contribution is 8.00. The highest BCUT2D eigenvalue weighted by Crippen LogP contribution is 2.64. The second kappa shape index (κ2) is 9.18. The predicted molar refractivity (Wildman–Crippen MR) is 142 cm³/mol. The molecule has 4 unspecified atom stereocenters. The van der Waals surface area contributed by atoms with Crippen molar-refractivity contribution < 1.29 is 9.53 Å². The van der Waals surface area contributed by atoms with Crippen LogP contribution in [0.15, 0.2) is 52.3 Å². The molecule has 2 heterocycles. The molecule has 6 rings (SSSR count). The number of aromatic nitrogens is 1. The number of thiazole rings is 1. The SMILES string of the molecule is COc1ccc(NC(=O)Cn2c3c(sc2=O)[C@H](c2cccc(Cl)c2Cl)C2C4CCC(C4)C2S3)cc1. The lowest BCUT2D eigenvalue weighted by atomic mass is 9.75. The zero-order chi connectivity index (χ0) is 24.3. The Balaban J connectivity index is 1.36. The summed E-state index contributed by atoms with van der Waals surface area (Å²) in [5.41, 5.74) is 1.66. The summed E-state index contributed by atoms with van der Waals surface area (Å²) in [5.74, 6) is 2.22. The zero-order valence-electron chi connectivity index (χ0n) is 19.0. The van der Waals surface area contributed by atoms with Crippen LogP contribution in [0.5, 0.6) is 5.75 Å². The third-order valence-electron chi connectivity index (χ3n) is 7.68. The summed E-state index contributed by atoms with van der Waals surface area (Å²) in [5, 5.41) is 5.35. The van der Waals surface area contributed by atoms with E-state index < -0.39 is 0 Å². The predicted octanol–water partition coefficient (Wildman–Crippen LogP) is 6.52. The van der Waals surface area contributed by atoms with E-state index in [0.717, 1.165) is 15.5 Å². The van der Waals surface area contributed by atoms with Crippen LogP contribution in [-0.4, -0.2) is 22.8 Å². The van der Waals surface area contributed by atoms with Crippen molar-refractivity contribution in [2.45, 2.75) is 42.0 Å². The molecule has 0 radical (unpaired) electrons. The first-order valence-electron chi connectivity index (χ1n) is 11.7. The van der Waals surface area contributed by atoms with Crippen LogP contribution in [0.3, 0.4) is 0 Å². The number of benzene rings is 2. The van der Waals surface area contributed by atoms with Crippen molar-refractivity contribution in [2.24, 2.45) is 17.8 Å². The third-order valence-corrected chi connectivity index (χ3v) is 11.3. The molecule has 2 bridgehead atoms. The van der Waals surface area contributed by atoms with Gasteiger partial charge in [-0.05, 0) is 72.9 Å². The minimum absolute atomic E-state index is 0.0226. The molecule has 5 nitrogen and oxygen atoms in total. The van der Waals surface area contributed by atoms with Crippen molar-refractivity contribution in [3.05, 3.63) is 72.6 Å². The third kappa shape index (κ3) is 4.01. The van der Waals surface area contributed by atoms with E-state index in [1.165, 1.54) is 30.6 Å². The van der Waals surface area contributed by atoms with Gasteiger partial charge in [0.25, 0.3) is 0 Å². The Morgan fingerprint density at radius 3 is 2.69 bits per heavy atom. The normalized spacial score (nSPS) is 26.3. The van der Waals surface area contributed by atoms with Gasteiger partial charge in [-0.2, -0.15) is 0 Å². The van der Waals surface area contributed by atoms with Crippen molar-refractivity contribution in [1.82, 2.24) is 4.57 Å². The average Bonchev–Trinajstić information content (AvgIpc) is 3.55. The van der Waals surface area contributed by atoms with Crippen molar-refractivity contribution in [3.8, 4) is 5.75 Å². The van der Waals surface area contributed by atoms with Gasteiger partial charge in [-0.3, -0.25) is 14.2 Å². The maximum Gasteiger partial charge on any atom is 0.308 e. The molecule has 9 heteroatoms. The second-order valence-corrected chi connectivity index (χ2v) is 12.5. The molecule has 2 aromatic carbocycles. The number of hydrogen-bond acceptors (Lipinski definition) is 5. The molecule has 2 saturated carbocycles. The molecule has 1 amide bonds. The molecule has 2 fully saturated rings. The van der Waals surface area contributed by atoms with Gasteiger partial charge in [-0.25, -0.2) is 0 Å². The first kappa shape index (κ1) is 23.5. The lowest BCUT2D eigenvalue weighted by molar-refractivity contribution is -0.116. The Kier molecular flexibility index (Phi) is 6.16. The standard InChI is InChI=1S/C26H24Cl2N2O3S2/c1-33-16-9-7-15(8-10-16)29-19(31)12-30-25-24(35-26(30)32)21(17-3-2-4-18(27)22(17)28)20-13-5-6-14(11-13)23(20)34-25/h2-4,7-10,13-14,20-21,23H,5-6,11-12H2,1H3,(H,29,31)/t13?,14?,20?,21-,23?/m1/s1. The molecule has 2 aliphatic carbocycles. The monoisotopic (exact) mass is 546 g/mol. The van der Waals surface area contributed by atoms with Crippen molar-refractivity contribution in [2.75, 3.05) is 12.4 Å². The molecule has 1 N–H and O–H groups in total. The minimum Gasteiger partial charge on any atom is -0.497 e. The van der Waals surface area contributed by atoms with Crippen LogP contribution in [0.1, 0.15) is 35.6 Å². The van der Waals surface area contributed by atoms with Crippen LogP contribution >= 0.6 is 46.3 Å². The number of methoxy groups -OCH3 is 1. The number of ether oxygens (including phenoxy) is 1. The number of rotatable bonds is 5. The molecular weight excluding hydrogens is 523 g/mol. The number of amides is 1. The van der Waals surface area contributed by atoms with Gasteiger partial charge in [-0.15, -0.1) is 11.8 Å². The van der Waals surface area contributed by atoms with Gasteiger partial charge < -0.3 is 10.1 Å². The Hall–Kier alpha value is -1.93. The van der Waals surface area contributed by atoms with Crippen LogP contribution in [0.25, 0.3) is 0 Å². The van der Waals surface area contributed by atoms with Crippen molar-refractivity contribution in [3.63, 3.8) is 0 Å². The largest absolute Gasteiger partial charge is 0.497 e. The number of thioether (sulfide) groups is 1. The summed E-state index contributed by atoms with van der Waals surface area (Å²) < 4.78 is 6.83. The first-order chi connectivity index (χ1) is 16.9. The van der Waals surface area contributed by atoms with Crippen LogP contribution in [0.2, 0.25) is 10.0 Å². The van der Waals surface area contributed by atoms with E-state index in [2.05, 4.69) is 5.32 Å². The van der Waals surface area contributed by atoms with E-state index in [1.807, 2.05) is 12.1 Å². The topological polar surface area (TPSA) is 60.3 Å². The smallest absolute Gasteiger partial charge is 0.308 e. The Morgan fingerprint density at radius 2 is 1.91 bits per heavy atom. The second-order valence-electron chi connectivity index (χ2n) is 9.51. The summed E-state index contributed by atoms with van der Waals surface area (Å²) >= 11 is 16.2. The van der Waals surface area contributed by atoms with Crippen LogP contribution in [0.4, 0.5) is 5.69 Å².